The van der Waals surface area contributed by atoms with Gasteiger partial charge in [0.15, 0.2) is 0 Å². The van der Waals surface area contributed by atoms with Crippen LogP contribution in [0.4, 0.5) is 0 Å². The number of hydrogen-bond acceptors (Lipinski definition) is 3. The van der Waals surface area contributed by atoms with Crippen LogP contribution in [0.3, 0.4) is 0 Å². The van der Waals surface area contributed by atoms with Crippen LogP contribution in [-0.4, -0.2) is 37.6 Å². The van der Waals surface area contributed by atoms with Gasteiger partial charge in [-0.25, -0.2) is 12.7 Å². The van der Waals surface area contributed by atoms with Crippen LogP contribution >= 0.6 is 0 Å². The summed E-state index contributed by atoms with van der Waals surface area (Å²) in [5, 5.41) is 0. The van der Waals surface area contributed by atoms with Gasteiger partial charge in [0.1, 0.15) is 0 Å². The Bertz CT molecular complexity index is 293. The van der Waals surface area contributed by atoms with Gasteiger partial charge in [0.25, 0.3) is 0 Å². The lowest BCUT2D eigenvalue weighted by Gasteiger charge is -2.24. The molecule has 16 heavy (non-hydrogen) atoms. The molecule has 1 rings (SSSR count). The van der Waals surface area contributed by atoms with E-state index in [4.69, 9.17) is 5.73 Å². The molecule has 1 heterocycles. The SMILES string of the molecule is CCC(CC)C(N)CS(=O)(=O)N1CCCC1. The van der Waals surface area contributed by atoms with Crippen LogP contribution in [0.1, 0.15) is 39.5 Å². The summed E-state index contributed by atoms with van der Waals surface area (Å²) < 4.78 is 25.6. The van der Waals surface area contributed by atoms with E-state index in [2.05, 4.69) is 13.8 Å². The third-order valence-corrected chi connectivity index (χ3v) is 5.47. The Kier molecular flexibility index (Phi) is 5.21. The summed E-state index contributed by atoms with van der Waals surface area (Å²) in [4.78, 5) is 0. The van der Waals surface area contributed by atoms with E-state index in [9.17, 15) is 8.42 Å². The summed E-state index contributed by atoms with van der Waals surface area (Å²) in [6.45, 7) is 5.49. The molecule has 4 nitrogen and oxygen atoms in total. The molecule has 96 valence electrons. The molecule has 1 unspecified atom stereocenters. The topological polar surface area (TPSA) is 63.4 Å². The lowest BCUT2D eigenvalue weighted by molar-refractivity contribution is 0.405. The Morgan fingerprint density at radius 1 is 1.19 bits per heavy atom. The van der Waals surface area contributed by atoms with E-state index in [1.165, 1.54) is 0 Å². The van der Waals surface area contributed by atoms with E-state index >= 15 is 0 Å². The van der Waals surface area contributed by atoms with Gasteiger partial charge in [-0.05, 0) is 18.8 Å². The summed E-state index contributed by atoms with van der Waals surface area (Å²) in [6.07, 6.45) is 3.87. The standard InChI is InChI=1S/C11H24N2O2S/c1-3-10(4-2)11(12)9-16(14,15)13-7-5-6-8-13/h10-11H,3-9,12H2,1-2H3. The molecule has 1 aliphatic heterocycles. The van der Waals surface area contributed by atoms with Crippen molar-refractivity contribution in [2.24, 2.45) is 11.7 Å². The largest absolute Gasteiger partial charge is 0.326 e. The van der Waals surface area contributed by atoms with Crippen molar-refractivity contribution in [1.82, 2.24) is 4.31 Å². The van der Waals surface area contributed by atoms with E-state index < -0.39 is 10.0 Å². The van der Waals surface area contributed by atoms with Crippen molar-refractivity contribution in [1.29, 1.82) is 0 Å². The molecule has 1 fully saturated rings. The first-order chi connectivity index (χ1) is 7.51. The van der Waals surface area contributed by atoms with E-state index in [0.717, 1.165) is 25.7 Å². The molecule has 0 aromatic heterocycles. The number of nitrogens with zero attached hydrogens (tertiary/aromatic N) is 1. The lowest BCUT2D eigenvalue weighted by atomic mass is 9.96. The first kappa shape index (κ1) is 13.9. The molecular formula is C11H24N2O2S. The predicted octanol–water partition coefficient (Wildman–Crippen LogP) is 1.18. The van der Waals surface area contributed by atoms with Crippen LogP contribution in [0.15, 0.2) is 0 Å². The molecular weight excluding hydrogens is 224 g/mol. The molecule has 0 aromatic rings. The number of nitrogens with two attached hydrogens (primary N) is 1. The van der Waals surface area contributed by atoms with E-state index in [1.807, 2.05) is 0 Å². The van der Waals surface area contributed by atoms with Crippen LogP contribution in [-0.2, 0) is 10.0 Å². The van der Waals surface area contributed by atoms with Crippen molar-refractivity contribution >= 4 is 10.0 Å². The highest BCUT2D eigenvalue weighted by atomic mass is 32.2. The second kappa shape index (κ2) is 5.98. The van der Waals surface area contributed by atoms with Gasteiger partial charge in [-0.3, -0.25) is 0 Å². The molecule has 5 heteroatoms. The molecule has 0 aliphatic carbocycles. The Morgan fingerprint density at radius 3 is 2.12 bits per heavy atom. The molecule has 0 aromatic carbocycles. The highest BCUT2D eigenvalue weighted by molar-refractivity contribution is 7.89. The molecule has 0 amide bonds. The van der Waals surface area contributed by atoms with Crippen LogP contribution < -0.4 is 5.73 Å². The third-order valence-electron chi connectivity index (χ3n) is 3.52. The van der Waals surface area contributed by atoms with Gasteiger partial charge in [0, 0.05) is 19.1 Å². The van der Waals surface area contributed by atoms with Gasteiger partial charge < -0.3 is 5.73 Å². The Morgan fingerprint density at radius 2 is 1.69 bits per heavy atom. The zero-order valence-electron chi connectivity index (χ0n) is 10.4. The van der Waals surface area contributed by atoms with Crippen molar-refractivity contribution in [2.45, 2.75) is 45.6 Å². The fourth-order valence-corrected chi connectivity index (χ4v) is 4.13. The zero-order valence-corrected chi connectivity index (χ0v) is 11.2. The van der Waals surface area contributed by atoms with Gasteiger partial charge in [-0.1, -0.05) is 26.7 Å². The maximum atomic E-state index is 12.0. The minimum absolute atomic E-state index is 0.110. The predicted molar refractivity (Wildman–Crippen MR) is 66.6 cm³/mol. The van der Waals surface area contributed by atoms with Crippen molar-refractivity contribution in [3.63, 3.8) is 0 Å². The smallest absolute Gasteiger partial charge is 0.215 e. The molecule has 0 saturated carbocycles. The second-order valence-electron chi connectivity index (χ2n) is 4.63. The van der Waals surface area contributed by atoms with E-state index in [1.54, 1.807) is 4.31 Å². The third kappa shape index (κ3) is 3.43. The summed E-state index contributed by atoms with van der Waals surface area (Å²) >= 11 is 0. The lowest BCUT2D eigenvalue weighted by Crippen LogP contribution is -2.42. The fourth-order valence-electron chi connectivity index (χ4n) is 2.35. The van der Waals surface area contributed by atoms with E-state index in [-0.39, 0.29) is 11.8 Å². The highest BCUT2D eigenvalue weighted by Gasteiger charge is 2.29. The van der Waals surface area contributed by atoms with Crippen LogP contribution in [0.5, 0.6) is 0 Å². The van der Waals surface area contributed by atoms with Crippen molar-refractivity contribution in [3.8, 4) is 0 Å². The minimum Gasteiger partial charge on any atom is -0.326 e. The molecule has 1 saturated heterocycles. The molecule has 1 aliphatic rings. The monoisotopic (exact) mass is 248 g/mol. The number of rotatable bonds is 6. The maximum absolute atomic E-state index is 12.0. The molecule has 0 radical (unpaired) electrons. The Balaban J connectivity index is 2.57. The van der Waals surface area contributed by atoms with Crippen LogP contribution in [0, 0.1) is 5.92 Å². The number of hydrogen-bond donors (Lipinski definition) is 1. The Hall–Kier alpha value is -0.130. The van der Waals surface area contributed by atoms with Gasteiger partial charge >= 0.3 is 0 Å². The first-order valence-electron chi connectivity index (χ1n) is 6.24. The van der Waals surface area contributed by atoms with Gasteiger partial charge in [-0.2, -0.15) is 0 Å². The van der Waals surface area contributed by atoms with Crippen molar-refractivity contribution in [3.05, 3.63) is 0 Å². The molecule has 1 atom stereocenters. The van der Waals surface area contributed by atoms with Crippen molar-refractivity contribution in [2.75, 3.05) is 18.8 Å². The summed E-state index contributed by atoms with van der Waals surface area (Å²) in [5.41, 5.74) is 5.99. The average Bonchev–Trinajstić information content (AvgIpc) is 2.71. The summed E-state index contributed by atoms with van der Waals surface area (Å²) in [7, 11) is -3.12. The maximum Gasteiger partial charge on any atom is 0.215 e. The molecule has 0 bridgehead atoms. The van der Waals surface area contributed by atoms with E-state index in [0.29, 0.717) is 19.0 Å². The van der Waals surface area contributed by atoms with Gasteiger partial charge in [0.2, 0.25) is 10.0 Å². The second-order valence-corrected chi connectivity index (χ2v) is 6.64. The normalized spacial score (nSPS) is 20.5. The zero-order chi connectivity index (χ0) is 12.2. The average molecular weight is 248 g/mol. The fraction of sp³-hybridized carbons (Fsp3) is 1.00. The molecule has 2 N–H and O–H groups in total. The molecule has 0 spiro atoms. The summed E-state index contributed by atoms with van der Waals surface area (Å²) in [6, 6.07) is -0.222. The summed E-state index contributed by atoms with van der Waals surface area (Å²) in [5.74, 6) is 0.427. The van der Waals surface area contributed by atoms with Crippen LogP contribution in [0.25, 0.3) is 0 Å². The number of sulfonamides is 1. The minimum atomic E-state index is -3.12. The first-order valence-corrected chi connectivity index (χ1v) is 7.85. The van der Waals surface area contributed by atoms with Gasteiger partial charge in [0.05, 0.1) is 5.75 Å². The van der Waals surface area contributed by atoms with Crippen LogP contribution in [0.2, 0.25) is 0 Å². The van der Waals surface area contributed by atoms with Crippen molar-refractivity contribution < 1.29 is 8.42 Å². The van der Waals surface area contributed by atoms with Gasteiger partial charge in [-0.15, -0.1) is 0 Å². The highest BCUT2D eigenvalue weighted by Crippen LogP contribution is 2.18. The Labute approximate surface area is 99.2 Å². The quantitative estimate of drug-likeness (QED) is 0.767.